The fraction of sp³-hybridized carbons (Fsp3) is 0.409. The van der Waals surface area contributed by atoms with Crippen LogP contribution in [0.2, 0.25) is 0 Å². The zero-order valence-corrected chi connectivity index (χ0v) is 17.4. The zero-order valence-electron chi connectivity index (χ0n) is 17.4. The first-order chi connectivity index (χ1) is 14.3. The predicted molar refractivity (Wildman–Crippen MR) is 113 cm³/mol. The molecule has 8 nitrogen and oxygen atoms in total. The monoisotopic (exact) mass is 403 g/mol. The molecule has 2 aromatic rings. The number of rotatable bonds is 6. The first kappa shape index (κ1) is 21.2. The van der Waals surface area contributed by atoms with Crippen molar-refractivity contribution in [2.24, 2.45) is 0 Å². The minimum atomic E-state index is -0.993. The number of nitrogens with one attached hydrogen (secondary N) is 2. The summed E-state index contributed by atoms with van der Waals surface area (Å²) < 4.78 is 0. The Labute approximate surface area is 176 Å². The van der Waals surface area contributed by atoms with Crippen LogP contribution in [0.25, 0.3) is 11.1 Å². The van der Waals surface area contributed by atoms with Crippen LogP contribution in [0.4, 0.5) is 5.95 Å². The fourth-order valence-corrected chi connectivity index (χ4v) is 3.76. The summed E-state index contributed by atoms with van der Waals surface area (Å²) >= 11 is 0. The van der Waals surface area contributed by atoms with Gasteiger partial charge in [-0.05, 0) is 44.4 Å². The molecule has 1 amide bonds. The van der Waals surface area contributed by atoms with Crippen molar-refractivity contribution in [3.05, 3.63) is 42.2 Å². The lowest BCUT2D eigenvalue weighted by Crippen LogP contribution is -2.64. The van der Waals surface area contributed by atoms with E-state index in [9.17, 15) is 10.1 Å². The van der Waals surface area contributed by atoms with E-state index >= 15 is 0 Å². The second-order valence-corrected chi connectivity index (χ2v) is 8.10. The third kappa shape index (κ3) is 4.56. The van der Waals surface area contributed by atoms with Gasteiger partial charge in [0.25, 0.3) is 0 Å². The van der Waals surface area contributed by atoms with Crippen molar-refractivity contribution in [3.63, 3.8) is 0 Å². The van der Waals surface area contributed by atoms with Gasteiger partial charge in [-0.1, -0.05) is 12.1 Å². The van der Waals surface area contributed by atoms with Gasteiger partial charge < -0.3 is 10.2 Å². The molecule has 0 spiro atoms. The van der Waals surface area contributed by atoms with Crippen molar-refractivity contribution in [1.82, 2.24) is 20.2 Å². The number of anilines is 1. The van der Waals surface area contributed by atoms with Gasteiger partial charge in [0, 0.05) is 43.5 Å². The van der Waals surface area contributed by atoms with Gasteiger partial charge in [0.15, 0.2) is 5.66 Å². The van der Waals surface area contributed by atoms with Crippen LogP contribution in [-0.4, -0.2) is 45.1 Å². The number of hydrogen-bond acceptors (Lipinski definition) is 7. The Morgan fingerprint density at radius 3 is 2.63 bits per heavy atom. The standard InChI is InChI=1S/C22H25N7O/c1-16(30)29-9-5-8-22(29,14-24)28-21(2,3)15-27-20-25-12-19(13-26-20)18-7-4-6-17(10-18)11-23/h4,6-7,10,12-13,28H,5,8-9,15H2,1-3H3,(H,25,26,27). The van der Waals surface area contributed by atoms with Crippen molar-refractivity contribution in [2.75, 3.05) is 18.4 Å². The lowest BCUT2D eigenvalue weighted by Gasteiger charge is -2.40. The number of nitriles is 2. The zero-order chi connectivity index (χ0) is 21.8. The topological polar surface area (TPSA) is 118 Å². The van der Waals surface area contributed by atoms with Crippen LogP contribution in [0.5, 0.6) is 0 Å². The summed E-state index contributed by atoms with van der Waals surface area (Å²) in [5, 5.41) is 25.4. The Hall–Kier alpha value is -3.49. The second kappa shape index (κ2) is 8.48. The van der Waals surface area contributed by atoms with E-state index in [1.807, 2.05) is 26.0 Å². The molecule has 0 saturated carbocycles. The molecule has 0 bridgehead atoms. The largest absolute Gasteiger partial charge is 0.352 e. The minimum Gasteiger partial charge on any atom is -0.352 e. The van der Waals surface area contributed by atoms with E-state index in [1.165, 1.54) is 6.92 Å². The minimum absolute atomic E-state index is 0.107. The van der Waals surface area contributed by atoms with Gasteiger partial charge in [0.05, 0.1) is 11.6 Å². The summed E-state index contributed by atoms with van der Waals surface area (Å²) in [4.78, 5) is 22.3. The number of benzene rings is 1. The first-order valence-corrected chi connectivity index (χ1v) is 9.84. The average Bonchev–Trinajstić information content (AvgIpc) is 3.16. The Balaban J connectivity index is 1.66. The number of hydrogen-bond donors (Lipinski definition) is 2. The van der Waals surface area contributed by atoms with Gasteiger partial charge >= 0.3 is 0 Å². The molecule has 154 valence electrons. The lowest BCUT2D eigenvalue weighted by atomic mass is 9.99. The molecule has 2 N–H and O–H groups in total. The van der Waals surface area contributed by atoms with Gasteiger partial charge in [-0.25, -0.2) is 9.97 Å². The quantitative estimate of drug-likeness (QED) is 0.761. The molecule has 1 aromatic carbocycles. The van der Waals surface area contributed by atoms with Gasteiger partial charge in [0.1, 0.15) is 6.07 Å². The molecule has 1 aliphatic rings. The Bertz CT molecular complexity index is 1000. The molecule has 1 aliphatic heterocycles. The third-order valence-electron chi connectivity index (χ3n) is 5.16. The maximum absolute atomic E-state index is 12.0. The van der Waals surface area contributed by atoms with E-state index < -0.39 is 11.2 Å². The average molecular weight is 403 g/mol. The molecular weight excluding hydrogens is 378 g/mol. The van der Waals surface area contributed by atoms with Gasteiger partial charge in [-0.2, -0.15) is 10.5 Å². The summed E-state index contributed by atoms with van der Waals surface area (Å²) in [6, 6.07) is 11.7. The molecule has 0 radical (unpaired) electrons. The highest BCUT2D eigenvalue weighted by atomic mass is 16.2. The number of amides is 1. The van der Waals surface area contributed by atoms with Crippen molar-refractivity contribution in [3.8, 4) is 23.3 Å². The SMILES string of the molecule is CC(=O)N1CCCC1(C#N)NC(C)(C)CNc1ncc(-c2cccc(C#N)c2)cn1. The molecule has 0 aliphatic carbocycles. The maximum atomic E-state index is 12.0. The molecule has 1 atom stereocenters. The number of carbonyl (C=O) groups excluding carboxylic acids is 1. The van der Waals surface area contributed by atoms with E-state index in [2.05, 4.69) is 32.7 Å². The number of carbonyl (C=O) groups is 1. The molecule has 8 heteroatoms. The second-order valence-electron chi connectivity index (χ2n) is 8.10. The summed E-state index contributed by atoms with van der Waals surface area (Å²) in [5.41, 5.74) is 0.802. The Morgan fingerprint density at radius 1 is 1.27 bits per heavy atom. The number of aromatic nitrogens is 2. The number of nitrogens with zero attached hydrogens (tertiary/aromatic N) is 5. The molecule has 1 fully saturated rings. The first-order valence-electron chi connectivity index (χ1n) is 9.84. The van der Waals surface area contributed by atoms with E-state index in [1.54, 1.807) is 29.4 Å². The highest BCUT2D eigenvalue weighted by molar-refractivity contribution is 5.75. The van der Waals surface area contributed by atoms with Crippen molar-refractivity contribution >= 4 is 11.9 Å². The van der Waals surface area contributed by atoms with E-state index in [0.717, 1.165) is 17.5 Å². The highest BCUT2D eigenvalue weighted by Gasteiger charge is 2.45. The van der Waals surface area contributed by atoms with E-state index in [4.69, 9.17) is 5.26 Å². The van der Waals surface area contributed by atoms with Crippen LogP contribution in [-0.2, 0) is 4.79 Å². The van der Waals surface area contributed by atoms with Crippen LogP contribution in [0.1, 0.15) is 39.2 Å². The van der Waals surface area contributed by atoms with Crippen molar-refractivity contribution in [2.45, 2.75) is 44.8 Å². The van der Waals surface area contributed by atoms with Crippen molar-refractivity contribution in [1.29, 1.82) is 10.5 Å². The van der Waals surface area contributed by atoms with Crippen LogP contribution < -0.4 is 10.6 Å². The van der Waals surface area contributed by atoms with E-state index in [0.29, 0.717) is 31.0 Å². The van der Waals surface area contributed by atoms with Crippen LogP contribution in [0, 0.1) is 22.7 Å². The molecule has 1 saturated heterocycles. The molecule has 3 rings (SSSR count). The molecule has 2 heterocycles. The van der Waals surface area contributed by atoms with Crippen LogP contribution in [0.15, 0.2) is 36.7 Å². The predicted octanol–water partition coefficient (Wildman–Crippen LogP) is 2.66. The fourth-order valence-electron chi connectivity index (χ4n) is 3.76. The summed E-state index contributed by atoms with van der Waals surface area (Å²) in [7, 11) is 0. The summed E-state index contributed by atoms with van der Waals surface area (Å²) in [6.07, 6.45) is 4.80. The smallest absolute Gasteiger partial charge is 0.222 e. The lowest BCUT2D eigenvalue weighted by molar-refractivity contribution is -0.132. The van der Waals surface area contributed by atoms with Crippen LogP contribution in [0.3, 0.4) is 0 Å². The number of likely N-dealkylation sites (tertiary alicyclic amines) is 1. The van der Waals surface area contributed by atoms with Gasteiger partial charge in [-0.3, -0.25) is 10.1 Å². The third-order valence-corrected chi connectivity index (χ3v) is 5.16. The molecule has 1 aromatic heterocycles. The highest BCUT2D eigenvalue weighted by Crippen LogP contribution is 2.29. The van der Waals surface area contributed by atoms with Crippen LogP contribution >= 0.6 is 0 Å². The Morgan fingerprint density at radius 2 is 2.00 bits per heavy atom. The summed E-state index contributed by atoms with van der Waals surface area (Å²) in [6.45, 7) is 6.48. The van der Waals surface area contributed by atoms with Gasteiger partial charge in [0.2, 0.25) is 11.9 Å². The molecular formula is C22H25N7O. The molecule has 1 unspecified atom stereocenters. The Kier molecular flexibility index (Phi) is 6.00. The van der Waals surface area contributed by atoms with Gasteiger partial charge in [-0.15, -0.1) is 0 Å². The van der Waals surface area contributed by atoms with Crippen molar-refractivity contribution < 1.29 is 4.79 Å². The van der Waals surface area contributed by atoms with E-state index in [-0.39, 0.29) is 5.91 Å². The summed E-state index contributed by atoms with van der Waals surface area (Å²) in [5.74, 6) is 0.357. The normalized spacial score (nSPS) is 18.5. The maximum Gasteiger partial charge on any atom is 0.222 e. The molecule has 30 heavy (non-hydrogen) atoms.